The summed E-state index contributed by atoms with van der Waals surface area (Å²) >= 11 is 0. The van der Waals surface area contributed by atoms with Crippen LogP contribution < -0.4 is 0 Å². The Morgan fingerprint density at radius 3 is 2.81 bits per heavy atom. The second-order valence-electron chi connectivity index (χ2n) is 3.41. The van der Waals surface area contributed by atoms with Crippen molar-refractivity contribution in [1.82, 2.24) is 9.78 Å². The van der Waals surface area contributed by atoms with Crippen LogP contribution in [-0.4, -0.2) is 20.9 Å². The summed E-state index contributed by atoms with van der Waals surface area (Å²) in [6.45, 7) is 1.86. The average Bonchev–Trinajstić information content (AvgIpc) is 2.60. The Kier molecular flexibility index (Phi) is 2.44. The van der Waals surface area contributed by atoms with Gasteiger partial charge in [-0.05, 0) is 24.6 Å². The minimum absolute atomic E-state index is 0.429. The second-order valence-corrected chi connectivity index (χ2v) is 3.41. The third-order valence-electron chi connectivity index (χ3n) is 2.19. The molecule has 0 bridgehead atoms. The van der Waals surface area contributed by atoms with Gasteiger partial charge in [0.1, 0.15) is 5.56 Å². The maximum atomic E-state index is 13.6. The van der Waals surface area contributed by atoms with Crippen LogP contribution in [0.5, 0.6) is 0 Å². The zero-order valence-electron chi connectivity index (χ0n) is 8.51. The molecule has 1 aromatic heterocycles. The van der Waals surface area contributed by atoms with Gasteiger partial charge in [-0.15, -0.1) is 0 Å². The molecular formula is C11H9FN2O2. The molecule has 4 nitrogen and oxygen atoms in total. The molecule has 1 N–H and O–H groups in total. The second kappa shape index (κ2) is 3.77. The molecule has 0 saturated carbocycles. The van der Waals surface area contributed by atoms with E-state index in [0.29, 0.717) is 5.69 Å². The fourth-order valence-electron chi connectivity index (χ4n) is 1.42. The van der Waals surface area contributed by atoms with Crippen molar-refractivity contribution in [3.63, 3.8) is 0 Å². The number of aromatic nitrogens is 2. The maximum absolute atomic E-state index is 13.6. The van der Waals surface area contributed by atoms with Crippen molar-refractivity contribution >= 4 is 5.97 Å². The number of aryl methyl sites for hydroxylation is 1. The van der Waals surface area contributed by atoms with Crippen LogP contribution in [0.25, 0.3) is 5.69 Å². The zero-order chi connectivity index (χ0) is 11.7. The monoisotopic (exact) mass is 220 g/mol. The van der Waals surface area contributed by atoms with E-state index < -0.39 is 17.5 Å². The molecule has 5 heteroatoms. The van der Waals surface area contributed by atoms with Gasteiger partial charge in [0.25, 0.3) is 0 Å². The van der Waals surface area contributed by atoms with Crippen molar-refractivity contribution in [3.8, 4) is 5.69 Å². The molecule has 1 heterocycles. The number of nitrogens with zero attached hydrogens (tertiary/aromatic N) is 2. The lowest BCUT2D eigenvalue weighted by Gasteiger charge is -2.02. The average molecular weight is 220 g/mol. The molecule has 2 aromatic rings. The number of hydrogen-bond donors (Lipinski definition) is 1. The number of hydrogen-bond acceptors (Lipinski definition) is 2. The summed E-state index contributed by atoms with van der Waals surface area (Å²) in [5.74, 6) is -2.19. The number of halogens is 1. The normalized spacial score (nSPS) is 10.4. The van der Waals surface area contributed by atoms with Gasteiger partial charge in [0.05, 0.1) is 11.9 Å². The van der Waals surface area contributed by atoms with Crippen LogP contribution in [0.1, 0.15) is 15.9 Å². The Bertz CT molecular complexity index is 549. The van der Waals surface area contributed by atoms with Crippen molar-refractivity contribution in [3.05, 3.63) is 47.5 Å². The molecule has 0 aliphatic carbocycles. The van der Waals surface area contributed by atoms with Gasteiger partial charge >= 0.3 is 5.97 Å². The van der Waals surface area contributed by atoms with Gasteiger partial charge in [-0.1, -0.05) is 12.1 Å². The topological polar surface area (TPSA) is 55.1 Å². The van der Waals surface area contributed by atoms with E-state index in [-0.39, 0.29) is 0 Å². The Labute approximate surface area is 90.9 Å². The van der Waals surface area contributed by atoms with Gasteiger partial charge in [0.15, 0.2) is 0 Å². The van der Waals surface area contributed by atoms with E-state index in [4.69, 9.17) is 5.11 Å². The van der Waals surface area contributed by atoms with Crippen LogP contribution in [0.15, 0.2) is 30.5 Å². The van der Waals surface area contributed by atoms with E-state index >= 15 is 0 Å². The highest BCUT2D eigenvalue weighted by molar-refractivity contribution is 5.87. The summed E-state index contributed by atoms with van der Waals surface area (Å²) in [6.07, 6.45) is 1.00. The molecule has 0 unspecified atom stereocenters. The lowest BCUT2D eigenvalue weighted by atomic mass is 10.2. The van der Waals surface area contributed by atoms with Crippen LogP contribution in [0, 0.1) is 12.9 Å². The molecule has 0 fully saturated rings. The van der Waals surface area contributed by atoms with E-state index in [1.165, 1.54) is 0 Å². The Morgan fingerprint density at radius 2 is 2.25 bits per heavy atom. The third-order valence-corrected chi connectivity index (χ3v) is 2.19. The molecule has 2 rings (SSSR count). The zero-order valence-corrected chi connectivity index (χ0v) is 8.51. The smallest absolute Gasteiger partial charge is 0.342 e. The quantitative estimate of drug-likeness (QED) is 0.842. The van der Waals surface area contributed by atoms with E-state index in [0.717, 1.165) is 16.4 Å². The van der Waals surface area contributed by atoms with Crippen molar-refractivity contribution in [1.29, 1.82) is 0 Å². The molecule has 0 saturated heterocycles. The first-order chi connectivity index (χ1) is 7.59. The van der Waals surface area contributed by atoms with Gasteiger partial charge in [-0.25, -0.2) is 9.48 Å². The Morgan fingerprint density at radius 1 is 1.50 bits per heavy atom. The first-order valence-corrected chi connectivity index (χ1v) is 4.63. The fourth-order valence-corrected chi connectivity index (χ4v) is 1.42. The molecule has 0 atom stereocenters. The molecular weight excluding hydrogens is 211 g/mol. The fraction of sp³-hybridized carbons (Fsp3) is 0.0909. The first kappa shape index (κ1) is 10.4. The predicted molar refractivity (Wildman–Crippen MR) is 55.2 cm³/mol. The van der Waals surface area contributed by atoms with Gasteiger partial charge in [0, 0.05) is 0 Å². The lowest BCUT2D eigenvalue weighted by molar-refractivity contribution is 0.0691. The number of aromatic carboxylic acids is 1. The molecule has 1 aromatic carbocycles. The van der Waals surface area contributed by atoms with Gasteiger partial charge in [-0.3, -0.25) is 0 Å². The molecule has 16 heavy (non-hydrogen) atoms. The molecule has 0 amide bonds. The van der Waals surface area contributed by atoms with E-state index in [1.54, 1.807) is 18.2 Å². The number of carbonyl (C=O) groups is 1. The number of carboxylic acid groups (broad SMARTS) is 1. The van der Waals surface area contributed by atoms with E-state index in [1.807, 2.05) is 13.0 Å². The predicted octanol–water partition coefficient (Wildman–Crippen LogP) is 2.02. The van der Waals surface area contributed by atoms with Crippen molar-refractivity contribution < 1.29 is 14.3 Å². The highest BCUT2D eigenvalue weighted by Gasteiger charge is 2.17. The highest BCUT2D eigenvalue weighted by Crippen LogP contribution is 2.14. The highest BCUT2D eigenvalue weighted by atomic mass is 19.1. The third kappa shape index (κ3) is 1.67. The molecule has 0 spiro atoms. The molecule has 82 valence electrons. The summed E-state index contributed by atoms with van der Waals surface area (Å²) < 4.78 is 14.6. The maximum Gasteiger partial charge on any atom is 0.342 e. The number of benzene rings is 1. The minimum Gasteiger partial charge on any atom is -0.477 e. The summed E-state index contributed by atoms with van der Waals surface area (Å²) in [5.41, 5.74) is 1.02. The summed E-state index contributed by atoms with van der Waals surface area (Å²) in [4.78, 5) is 10.6. The molecule has 0 aliphatic heterocycles. The van der Waals surface area contributed by atoms with Crippen LogP contribution in [0.4, 0.5) is 4.39 Å². The van der Waals surface area contributed by atoms with Crippen molar-refractivity contribution in [2.75, 3.05) is 0 Å². The van der Waals surface area contributed by atoms with Crippen molar-refractivity contribution in [2.24, 2.45) is 0 Å². The largest absolute Gasteiger partial charge is 0.477 e. The molecule has 0 aliphatic rings. The van der Waals surface area contributed by atoms with Crippen LogP contribution in [-0.2, 0) is 0 Å². The van der Waals surface area contributed by atoms with E-state index in [9.17, 15) is 9.18 Å². The van der Waals surface area contributed by atoms with Crippen LogP contribution in [0.2, 0.25) is 0 Å². The first-order valence-electron chi connectivity index (χ1n) is 4.63. The number of carboxylic acids is 1. The number of rotatable bonds is 2. The van der Waals surface area contributed by atoms with E-state index in [2.05, 4.69) is 5.10 Å². The summed E-state index contributed by atoms with van der Waals surface area (Å²) in [6, 6.07) is 7.01. The Balaban J connectivity index is 2.53. The SMILES string of the molecule is Cc1cccc(-n2ncc(C(=O)O)c2F)c1. The van der Waals surface area contributed by atoms with Crippen molar-refractivity contribution in [2.45, 2.75) is 6.92 Å². The lowest BCUT2D eigenvalue weighted by Crippen LogP contribution is -2.03. The molecule has 0 radical (unpaired) electrons. The van der Waals surface area contributed by atoms with Crippen LogP contribution in [0.3, 0.4) is 0 Å². The van der Waals surface area contributed by atoms with Crippen LogP contribution >= 0.6 is 0 Å². The minimum atomic E-state index is -1.32. The standard InChI is InChI=1S/C11H9FN2O2/c1-7-3-2-4-8(5-7)14-10(12)9(6-13-14)11(15)16/h2-6H,1H3,(H,15,16). The van der Waals surface area contributed by atoms with Gasteiger partial charge < -0.3 is 5.11 Å². The Hall–Kier alpha value is -2.17. The summed E-state index contributed by atoms with van der Waals surface area (Å²) in [5, 5.41) is 12.4. The summed E-state index contributed by atoms with van der Waals surface area (Å²) in [7, 11) is 0. The van der Waals surface area contributed by atoms with Gasteiger partial charge in [0.2, 0.25) is 5.95 Å². The van der Waals surface area contributed by atoms with Gasteiger partial charge in [-0.2, -0.15) is 9.49 Å².